The molecule has 5 aromatic rings. The average Bonchev–Trinajstić information content (AvgIpc) is 3.07. The molecule has 45 heavy (non-hydrogen) atoms. The third-order valence-electron chi connectivity index (χ3n) is 8.42. The van der Waals surface area contributed by atoms with E-state index in [1.807, 2.05) is 83.8 Å². The predicted octanol–water partition coefficient (Wildman–Crippen LogP) is 6.65. The molecule has 0 radical (unpaired) electrons. The van der Waals surface area contributed by atoms with E-state index in [0.29, 0.717) is 61.1 Å². The molecule has 0 aromatic heterocycles. The van der Waals surface area contributed by atoms with Crippen LogP contribution >= 0.6 is 0 Å². The van der Waals surface area contributed by atoms with Gasteiger partial charge in [-0.3, -0.25) is 9.59 Å². The van der Waals surface area contributed by atoms with Crippen molar-refractivity contribution in [2.45, 2.75) is 18.9 Å². The van der Waals surface area contributed by atoms with Crippen molar-refractivity contribution in [1.29, 1.82) is 0 Å². The van der Waals surface area contributed by atoms with Crippen LogP contribution in [0.3, 0.4) is 0 Å². The summed E-state index contributed by atoms with van der Waals surface area (Å²) < 4.78 is 17.9. The first-order valence-corrected chi connectivity index (χ1v) is 15.0. The first-order chi connectivity index (χ1) is 22.0. The molecule has 1 atom stereocenters. The van der Waals surface area contributed by atoms with Gasteiger partial charge >= 0.3 is 0 Å². The lowest BCUT2D eigenvalue weighted by Crippen LogP contribution is -2.40. The molecule has 8 nitrogen and oxygen atoms in total. The fraction of sp³-hybridized carbons (Fsp3) is 0.189. The number of hydrogen-bond donors (Lipinski definition) is 2. The monoisotopic (exact) mass is 600 g/mol. The van der Waals surface area contributed by atoms with Gasteiger partial charge in [0.15, 0.2) is 11.5 Å². The summed E-state index contributed by atoms with van der Waals surface area (Å²) in [4.78, 5) is 29.0. The number of phenols is 1. The maximum Gasteiger partial charge on any atom is 0.255 e. The van der Waals surface area contributed by atoms with Crippen molar-refractivity contribution in [3.63, 3.8) is 0 Å². The van der Waals surface area contributed by atoms with Crippen LogP contribution in [0.15, 0.2) is 97.1 Å². The second-order valence-electron chi connectivity index (χ2n) is 11.2. The zero-order valence-electron chi connectivity index (χ0n) is 24.8. The van der Waals surface area contributed by atoms with Crippen molar-refractivity contribution in [3.05, 3.63) is 125 Å². The molecule has 2 amide bonds. The molecule has 8 bridgehead atoms. The minimum absolute atomic E-state index is 0.0514. The summed E-state index contributed by atoms with van der Waals surface area (Å²) >= 11 is 0. The molecule has 1 unspecified atom stereocenters. The molecular weight excluding hydrogens is 568 g/mol. The van der Waals surface area contributed by atoms with Crippen LogP contribution in [0.2, 0.25) is 0 Å². The van der Waals surface area contributed by atoms with Crippen LogP contribution in [-0.4, -0.2) is 48.6 Å². The fourth-order valence-electron chi connectivity index (χ4n) is 6.16. The van der Waals surface area contributed by atoms with Crippen LogP contribution < -0.4 is 19.5 Å². The molecule has 0 aliphatic carbocycles. The summed E-state index contributed by atoms with van der Waals surface area (Å²) in [6, 6.07) is 29.7. The molecule has 3 aliphatic rings. The summed E-state index contributed by atoms with van der Waals surface area (Å²) in [5.41, 5.74) is 3.70. The maximum absolute atomic E-state index is 14.2. The molecule has 0 spiro atoms. The Labute approximate surface area is 260 Å². The van der Waals surface area contributed by atoms with Gasteiger partial charge in [-0.25, -0.2) is 0 Å². The number of carbonyl (C=O) groups excluding carboxylic acids is 2. The fourth-order valence-corrected chi connectivity index (χ4v) is 6.16. The molecule has 2 N–H and O–H groups in total. The van der Waals surface area contributed by atoms with Gasteiger partial charge in [0.1, 0.15) is 17.2 Å². The van der Waals surface area contributed by atoms with E-state index in [1.165, 1.54) is 12.1 Å². The first kappa shape index (κ1) is 28.3. The number of hydrogen-bond acceptors (Lipinski definition) is 6. The van der Waals surface area contributed by atoms with Gasteiger partial charge in [0.05, 0.1) is 25.3 Å². The van der Waals surface area contributed by atoms with Crippen LogP contribution in [0.1, 0.15) is 49.9 Å². The van der Waals surface area contributed by atoms with E-state index in [2.05, 4.69) is 5.32 Å². The average molecular weight is 601 g/mol. The van der Waals surface area contributed by atoms with E-state index in [4.69, 9.17) is 14.2 Å². The number of aromatic hydroxyl groups is 1. The number of amides is 2. The Morgan fingerprint density at radius 1 is 0.933 bits per heavy atom. The van der Waals surface area contributed by atoms with E-state index in [1.54, 1.807) is 13.2 Å². The Balaban J connectivity index is 1.33. The molecule has 5 aromatic carbocycles. The molecule has 8 rings (SSSR count). The Morgan fingerprint density at radius 3 is 2.62 bits per heavy atom. The number of nitrogens with zero attached hydrogens (tertiary/aromatic N) is 1. The highest BCUT2D eigenvalue weighted by Crippen LogP contribution is 2.41. The Kier molecular flexibility index (Phi) is 7.47. The lowest BCUT2D eigenvalue weighted by atomic mass is 9.87. The van der Waals surface area contributed by atoms with Crippen LogP contribution in [0.5, 0.6) is 28.7 Å². The second-order valence-corrected chi connectivity index (χ2v) is 11.2. The van der Waals surface area contributed by atoms with Crippen LogP contribution in [0, 0.1) is 0 Å². The highest BCUT2D eigenvalue weighted by molar-refractivity contribution is 5.99. The summed E-state index contributed by atoms with van der Waals surface area (Å²) in [5.74, 6) is 1.58. The lowest BCUT2D eigenvalue weighted by Gasteiger charge is -2.38. The number of phenolic OH excluding ortho intramolecular Hbond substituents is 1. The highest BCUT2D eigenvalue weighted by Gasteiger charge is 2.34. The van der Waals surface area contributed by atoms with Gasteiger partial charge in [0.25, 0.3) is 11.8 Å². The van der Waals surface area contributed by atoms with E-state index in [9.17, 15) is 14.7 Å². The molecule has 0 fully saturated rings. The van der Waals surface area contributed by atoms with E-state index < -0.39 is 5.91 Å². The molecule has 226 valence electrons. The Morgan fingerprint density at radius 2 is 1.76 bits per heavy atom. The number of fused-ring (bicyclic) bond motifs is 7. The molecule has 3 heterocycles. The van der Waals surface area contributed by atoms with Crippen molar-refractivity contribution in [2.24, 2.45) is 0 Å². The van der Waals surface area contributed by atoms with Gasteiger partial charge in [-0.05, 0) is 94.9 Å². The van der Waals surface area contributed by atoms with E-state index in [-0.39, 0.29) is 23.3 Å². The molecule has 8 heteroatoms. The molecule has 0 saturated heterocycles. The van der Waals surface area contributed by atoms with Gasteiger partial charge in [0.2, 0.25) is 0 Å². The van der Waals surface area contributed by atoms with Gasteiger partial charge in [-0.15, -0.1) is 0 Å². The predicted molar refractivity (Wildman–Crippen MR) is 171 cm³/mol. The zero-order valence-corrected chi connectivity index (χ0v) is 24.8. The zero-order chi connectivity index (χ0) is 30.9. The minimum Gasteiger partial charge on any atom is -0.507 e. The third-order valence-corrected chi connectivity index (χ3v) is 8.42. The van der Waals surface area contributed by atoms with E-state index in [0.717, 1.165) is 27.5 Å². The summed E-state index contributed by atoms with van der Waals surface area (Å²) in [6.45, 7) is 1.16. The van der Waals surface area contributed by atoms with Gasteiger partial charge in [-0.1, -0.05) is 42.5 Å². The van der Waals surface area contributed by atoms with Crippen molar-refractivity contribution in [3.8, 4) is 28.7 Å². The van der Waals surface area contributed by atoms with Gasteiger partial charge in [0, 0.05) is 18.7 Å². The number of rotatable bonds is 2. The third kappa shape index (κ3) is 5.51. The quantitative estimate of drug-likeness (QED) is 0.236. The normalized spacial score (nSPS) is 16.2. The van der Waals surface area contributed by atoms with Crippen molar-refractivity contribution < 1.29 is 28.9 Å². The lowest BCUT2D eigenvalue weighted by molar-refractivity contribution is 0.0694. The van der Waals surface area contributed by atoms with Crippen molar-refractivity contribution in [2.75, 3.05) is 26.8 Å². The van der Waals surface area contributed by atoms with Crippen LogP contribution in [-0.2, 0) is 6.42 Å². The first-order valence-electron chi connectivity index (χ1n) is 15.0. The SMILES string of the molecule is COc1ccc2cc1OCCCNC(=O)c1cc(ccc1O)Oc1ccc3c(c1)CCN(C(=O)c1ccc4ccccc4c1)C23. The highest BCUT2D eigenvalue weighted by atomic mass is 16.5. The van der Waals surface area contributed by atoms with Gasteiger partial charge < -0.3 is 29.5 Å². The minimum atomic E-state index is -0.400. The van der Waals surface area contributed by atoms with Gasteiger partial charge in [-0.2, -0.15) is 0 Å². The number of ether oxygens (including phenoxy) is 3. The number of carbonyl (C=O) groups is 2. The maximum atomic E-state index is 14.2. The van der Waals surface area contributed by atoms with Crippen molar-refractivity contribution >= 4 is 22.6 Å². The Hall–Kier alpha value is -5.50. The number of benzene rings is 5. The standard InChI is InChI=1S/C37H32N2O6/c1-43-33-14-9-26-21-34(33)44-18-4-16-38-36(41)31-22-29(11-13-32(31)40)45-28-10-12-30-25(20-28)15-17-39(35(26)30)37(42)27-8-7-23-5-2-3-6-24(23)19-27/h2-3,5-14,19-22,35,40H,4,15-18H2,1H3,(H,38,41). The van der Waals surface area contributed by atoms with Crippen LogP contribution in [0.25, 0.3) is 10.8 Å². The molecular formula is C37H32N2O6. The number of nitrogens with one attached hydrogen (secondary N) is 1. The topological polar surface area (TPSA) is 97.3 Å². The molecule has 3 aliphatic heterocycles. The number of methoxy groups -OCH3 is 1. The summed E-state index contributed by atoms with van der Waals surface area (Å²) in [7, 11) is 1.59. The van der Waals surface area contributed by atoms with Crippen LogP contribution in [0.4, 0.5) is 0 Å². The largest absolute Gasteiger partial charge is 0.507 e. The van der Waals surface area contributed by atoms with Crippen molar-refractivity contribution in [1.82, 2.24) is 10.2 Å². The molecule has 0 saturated carbocycles. The van der Waals surface area contributed by atoms with E-state index >= 15 is 0 Å². The summed E-state index contributed by atoms with van der Waals surface area (Å²) in [5, 5.41) is 15.3. The summed E-state index contributed by atoms with van der Waals surface area (Å²) in [6.07, 6.45) is 1.15. The second kappa shape index (κ2) is 11.9. The smallest absolute Gasteiger partial charge is 0.255 e. The Bertz CT molecular complexity index is 1940.